The average Bonchev–Trinajstić information content (AvgIpc) is 3.26. The molecule has 1 amide bonds. The Hall–Kier alpha value is -2.25. The fraction of sp³-hybridized carbons (Fsp3) is 0.500. The van der Waals surface area contributed by atoms with Crippen molar-refractivity contribution in [2.45, 2.75) is 32.4 Å². The Morgan fingerprint density at radius 3 is 2.72 bits per heavy atom. The molecule has 7 heteroatoms. The maximum absolute atomic E-state index is 12.8. The van der Waals surface area contributed by atoms with E-state index < -0.39 is 0 Å². The molecular formula is C22H29N3O3S. The van der Waals surface area contributed by atoms with Crippen LogP contribution in [0.4, 0.5) is 5.69 Å². The number of nitrogens with zero attached hydrogens (tertiary/aromatic N) is 2. The molecule has 1 N–H and O–H groups in total. The third-order valence-corrected chi connectivity index (χ3v) is 6.41. The fourth-order valence-corrected chi connectivity index (χ4v) is 4.62. The SMILES string of the molecule is CCN1CCC(NC(=O)CN(Cc2cccs2)c2ccc3c(c2)OCCO3)CC1. The largest absolute Gasteiger partial charge is 0.486 e. The minimum atomic E-state index is 0.0754. The molecule has 1 fully saturated rings. The van der Waals surface area contributed by atoms with Crippen molar-refractivity contribution < 1.29 is 14.3 Å². The number of likely N-dealkylation sites (tertiary alicyclic amines) is 1. The van der Waals surface area contributed by atoms with Gasteiger partial charge >= 0.3 is 0 Å². The highest BCUT2D eigenvalue weighted by Gasteiger charge is 2.22. The fourth-order valence-electron chi connectivity index (χ4n) is 3.90. The molecule has 0 aliphatic carbocycles. The van der Waals surface area contributed by atoms with Gasteiger partial charge in [0.15, 0.2) is 11.5 Å². The van der Waals surface area contributed by atoms with Gasteiger partial charge in [-0.1, -0.05) is 13.0 Å². The van der Waals surface area contributed by atoms with Crippen molar-refractivity contribution in [3.05, 3.63) is 40.6 Å². The number of carbonyl (C=O) groups is 1. The highest BCUT2D eigenvalue weighted by atomic mass is 32.1. The number of fused-ring (bicyclic) bond motifs is 1. The van der Waals surface area contributed by atoms with Gasteiger partial charge in [-0.2, -0.15) is 0 Å². The highest BCUT2D eigenvalue weighted by molar-refractivity contribution is 7.09. The van der Waals surface area contributed by atoms with Gasteiger partial charge in [-0.05, 0) is 43.0 Å². The lowest BCUT2D eigenvalue weighted by molar-refractivity contribution is -0.120. The van der Waals surface area contributed by atoms with Crippen molar-refractivity contribution in [1.29, 1.82) is 0 Å². The number of hydrogen-bond donors (Lipinski definition) is 1. The van der Waals surface area contributed by atoms with Crippen molar-refractivity contribution >= 4 is 22.9 Å². The van der Waals surface area contributed by atoms with Gasteiger partial charge in [-0.3, -0.25) is 4.79 Å². The number of anilines is 1. The molecule has 2 aromatic rings. The van der Waals surface area contributed by atoms with Crippen molar-refractivity contribution in [3.8, 4) is 11.5 Å². The Morgan fingerprint density at radius 1 is 1.21 bits per heavy atom. The van der Waals surface area contributed by atoms with E-state index in [1.807, 2.05) is 24.3 Å². The minimum Gasteiger partial charge on any atom is -0.486 e. The van der Waals surface area contributed by atoms with Gasteiger partial charge in [0.1, 0.15) is 13.2 Å². The molecule has 0 saturated carbocycles. The number of benzene rings is 1. The van der Waals surface area contributed by atoms with E-state index in [1.165, 1.54) is 4.88 Å². The molecule has 0 bridgehead atoms. The molecule has 1 saturated heterocycles. The Balaban J connectivity index is 1.44. The van der Waals surface area contributed by atoms with Crippen LogP contribution in [0.3, 0.4) is 0 Å². The monoisotopic (exact) mass is 415 g/mol. The van der Waals surface area contributed by atoms with Gasteiger partial charge in [-0.15, -0.1) is 11.3 Å². The molecular weight excluding hydrogens is 386 g/mol. The normalized spacial score (nSPS) is 17.1. The number of piperidine rings is 1. The summed E-state index contributed by atoms with van der Waals surface area (Å²) in [7, 11) is 0. The van der Waals surface area contributed by atoms with Crippen molar-refractivity contribution in [2.75, 3.05) is 44.3 Å². The van der Waals surface area contributed by atoms with Crippen molar-refractivity contribution in [2.24, 2.45) is 0 Å². The Bertz CT molecular complexity index is 804. The first kappa shape index (κ1) is 20.0. The first-order valence-corrected chi connectivity index (χ1v) is 11.3. The van der Waals surface area contributed by atoms with Gasteiger partial charge in [0.25, 0.3) is 0 Å². The number of ether oxygens (including phenoxy) is 2. The van der Waals surface area contributed by atoms with Crippen LogP contribution in [0.1, 0.15) is 24.6 Å². The molecule has 0 spiro atoms. The molecule has 29 heavy (non-hydrogen) atoms. The maximum Gasteiger partial charge on any atom is 0.239 e. The van der Waals surface area contributed by atoms with Crippen LogP contribution in [-0.4, -0.2) is 56.2 Å². The summed E-state index contributed by atoms with van der Waals surface area (Å²) < 4.78 is 11.4. The van der Waals surface area contributed by atoms with E-state index in [-0.39, 0.29) is 11.9 Å². The molecule has 0 radical (unpaired) electrons. The van der Waals surface area contributed by atoms with Gasteiger partial charge < -0.3 is 24.6 Å². The van der Waals surface area contributed by atoms with E-state index in [9.17, 15) is 4.79 Å². The van der Waals surface area contributed by atoms with E-state index in [1.54, 1.807) is 11.3 Å². The summed E-state index contributed by atoms with van der Waals surface area (Å²) in [5.74, 6) is 1.59. The quantitative estimate of drug-likeness (QED) is 0.753. The Kier molecular flexibility index (Phi) is 6.56. The number of rotatable bonds is 7. The van der Waals surface area contributed by atoms with Crippen LogP contribution < -0.4 is 19.7 Å². The molecule has 1 aromatic carbocycles. The summed E-state index contributed by atoms with van der Waals surface area (Å²) in [5.41, 5.74) is 0.971. The molecule has 0 unspecified atom stereocenters. The van der Waals surface area contributed by atoms with Crippen LogP contribution in [0, 0.1) is 0 Å². The van der Waals surface area contributed by atoms with E-state index >= 15 is 0 Å². The lowest BCUT2D eigenvalue weighted by atomic mass is 10.1. The second-order valence-corrected chi connectivity index (χ2v) is 8.57. The summed E-state index contributed by atoms with van der Waals surface area (Å²) in [4.78, 5) is 18.6. The zero-order chi connectivity index (χ0) is 20.1. The number of amides is 1. The molecule has 2 aliphatic rings. The summed E-state index contributed by atoms with van der Waals surface area (Å²) in [6.45, 7) is 7.53. The summed E-state index contributed by atoms with van der Waals surface area (Å²) in [5, 5.41) is 5.31. The molecule has 0 atom stereocenters. The number of nitrogens with one attached hydrogen (secondary N) is 1. The molecule has 4 rings (SSSR count). The van der Waals surface area contributed by atoms with Gasteiger partial charge in [-0.25, -0.2) is 0 Å². The standard InChI is InChI=1S/C22H29N3O3S/c1-2-24-9-7-17(8-10-24)23-22(26)16-25(15-19-4-3-13-29-19)18-5-6-20-21(14-18)28-12-11-27-20/h3-6,13-14,17H,2,7-12,15-16H2,1H3,(H,23,26). The third-order valence-electron chi connectivity index (χ3n) is 5.55. The molecule has 6 nitrogen and oxygen atoms in total. The second kappa shape index (κ2) is 9.50. The van der Waals surface area contributed by atoms with Gasteiger partial charge in [0, 0.05) is 35.8 Å². The predicted octanol–water partition coefficient (Wildman–Crippen LogP) is 3.13. The van der Waals surface area contributed by atoms with E-state index in [2.05, 4.69) is 33.5 Å². The van der Waals surface area contributed by atoms with E-state index in [0.29, 0.717) is 26.3 Å². The zero-order valence-electron chi connectivity index (χ0n) is 16.9. The van der Waals surface area contributed by atoms with Crippen LogP contribution in [0.2, 0.25) is 0 Å². The first-order chi connectivity index (χ1) is 14.2. The van der Waals surface area contributed by atoms with E-state index in [4.69, 9.17) is 9.47 Å². The second-order valence-electron chi connectivity index (χ2n) is 7.54. The summed E-state index contributed by atoms with van der Waals surface area (Å²) in [6, 6.07) is 10.3. The molecule has 2 aliphatic heterocycles. The van der Waals surface area contributed by atoms with Crippen LogP contribution in [0.15, 0.2) is 35.7 Å². The van der Waals surface area contributed by atoms with Crippen molar-refractivity contribution in [1.82, 2.24) is 10.2 Å². The number of thiophene rings is 1. The first-order valence-electron chi connectivity index (χ1n) is 10.4. The third kappa shape index (κ3) is 5.22. The summed E-state index contributed by atoms with van der Waals surface area (Å²) in [6.07, 6.45) is 2.04. The lowest BCUT2D eigenvalue weighted by Gasteiger charge is -2.32. The Labute approximate surface area is 176 Å². The van der Waals surface area contributed by atoms with Crippen LogP contribution in [0.25, 0.3) is 0 Å². The van der Waals surface area contributed by atoms with Gasteiger partial charge in [0.05, 0.1) is 13.1 Å². The average molecular weight is 416 g/mol. The van der Waals surface area contributed by atoms with Gasteiger partial charge in [0.2, 0.25) is 5.91 Å². The number of carbonyl (C=O) groups excluding carboxylic acids is 1. The van der Waals surface area contributed by atoms with Crippen LogP contribution in [-0.2, 0) is 11.3 Å². The molecule has 3 heterocycles. The van der Waals surface area contributed by atoms with E-state index in [0.717, 1.165) is 49.7 Å². The molecule has 1 aromatic heterocycles. The predicted molar refractivity (Wildman–Crippen MR) is 116 cm³/mol. The highest BCUT2D eigenvalue weighted by Crippen LogP contribution is 2.34. The molecule has 156 valence electrons. The minimum absolute atomic E-state index is 0.0754. The smallest absolute Gasteiger partial charge is 0.239 e. The topological polar surface area (TPSA) is 54.0 Å². The number of hydrogen-bond acceptors (Lipinski definition) is 6. The van der Waals surface area contributed by atoms with Crippen LogP contribution in [0.5, 0.6) is 11.5 Å². The zero-order valence-corrected chi connectivity index (χ0v) is 17.7. The maximum atomic E-state index is 12.8. The summed E-state index contributed by atoms with van der Waals surface area (Å²) >= 11 is 1.71. The van der Waals surface area contributed by atoms with Crippen molar-refractivity contribution in [3.63, 3.8) is 0 Å². The lowest BCUT2D eigenvalue weighted by Crippen LogP contribution is -2.47. The Morgan fingerprint density at radius 2 is 2.00 bits per heavy atom. The van der Waals surface area contributed by atoms with Crippen LogP contribution >= 0.6 is 11.3 Å².